The summed E-state index contributed by atoms with van der Waals surface area (Å²) in [5.74, 6) is 0.187. The van der Waals surface area contributed by atoms with Crippen LogP contribution in [0.4, 0.5) is 0 Å². The molecule has 0 bridgehead atoms. The first-order chi connectivity index (χ1) is 14.0. The smallest absolute Gasteiger partial charge is 0.354 e. The van der Waals surface area contributed by atoms with Crippen LogP contribution in [-0.4, -0.2) is 22.7 Å². The summed E-state index contributed by atoms with van der Waals surface area (Å²) >= 11 is 6.30. The van der Waals surface area contributed by atoms with E-state index in [0.29, 0.717) is 23.2 Å². The maximum atomic E-state index is 11.3. The third-order valence-electron chi connectivity index (χ3n) is 5.03. The van der Waals surface area contributed by atoms with Gasteiger partial charge in [0.25, 0.3) is 0 Å². The molecule has 1 heterocycles. The van der Waals surface area contributed by atoms with E-state index in [4.69, 9.17) is 16.3 Å². The standard InChI is InChI=1S/C24H24ClNO3/c1-3-16(4-2)15-29-23-13-12-17(25)14-20(23)18-8-5-6-9-19(18)21-10-7-11-22(26-21)24(27)28/h5-14,16H,3-4,15H2,1-2H3,(H,27,28). The Balaban J connectivity index is 2.07. The zero-order valence-electron chi connectivity index (χ0n) is 16.6. The average molecular weight is 410 g/mol. The molecule has 29 heavy (non-hydrogen) atoms. The number of hydrogen-bond acceptors (Lipinski definition) is 3. The van der Waals surface area contributed by atoms with Crippen molar-refractivity contribution >= 4 is 17.6 Å². The van der Waals surface area contributed by atoms with Gasteiger partial charge in [0.15, 0.2) is 0 Å². The number of halogens is 1. The van der Waals surface area contributed by atoms with Crippen LogP contribution in [0.3, 0.4) is 0 Å². The Labute approximate surface area is 176 Å². The minimum Gasteiger partial charge on any atom is -0.493 e. The Bertz CT molecular complexity index is 999. The van der Waals surface area contributed by atoms with Crippen LogP contribution in [0.1, 0.15) is 37.2 Å². The molecule has 0 saturated heterocycles. The first-order valence-electron chi connectivity index (χ1n) is 9.76. The first-order valence-corrected chi connectivity index (χ1v) is 10.1. The molecule has 3 rings (SSSR count). The van der Waals surface area contributed by atoms with Gasteiger partial charge < -0.3 is 9.84 Å². The van der Waals surface area contributed by atoms with Gasteiger partial charge in [0.2, 0.25) is 0 Å². The first kappa shape index (κ1) is 20.9. The van der Waals surface area contributed by atoms with Crippen molar-refractivity contribution in [1.29, 1.82) is 0 Å². The van der Waals surface area contributed by atoms with E-state index in [1.165, 1.54) is 6.07 Å². The van der Waals surface area contributed by atoms with Crippen LogP contribution >= 0.6 is 11.6 Å². The average Bonchev–Trinajstić information content (AvgIpc) is 2.75. The molecule has 0 aliphatic rings. The van der Waals surface area contributed by atoms with Crippen LogP contribution < -0.4 is 4.74 Å². The second-order valence-corrected chi connectivity index (χ2v) is 7.33. The predicted octanol–water partition coefficient (Wildman–Crippen LogP) is 6.58. The van der Waals surface area contributed by atoms with Gasteiger partial charge in [-0.2, -0.15) is 0 Å². The van der Waals surface area contributed by atoms with Crippen molar-refractivity contribution in [2.24, 2.45) is 5.92 Å². The zero-order chi connectivity index (χ0) is 20.8. The van der Waals surface area contributed by atoms with E-state index < -0.39 is 5.97 Å². The minimum absolute atomic E-state index is 0.00797. The molecule has 0 saturated carbocycles. The minimum atomic E-state index is -1.05. The number of aromatic nitrogens is 1. The Kier molecular flexibility index (Phi) is 6.89. The zero-order valence-corrected chi connectivity index (χ0v) is 17.3. The van der Waals surface area contributed by atoms with E-state index in [1.807, 2.05) is 42.5 Å². The highest BCUT2D eigenvalue weighted by Gasteiger charge is 2.16. The van der Waals surface area contributed by atoms with E-state index in [-0.39, 0.29) is 5.69 Å². The van der Waals surface area contributed by atoms with Crippen LogP contribution in [0.2, 0.25) is 5.02 Å². The summed E-state index contributed by atoms with van der Waals surface area (Å²) in [6.07, 6.45) is 2.11. The number of rotatable bonds is 8. The lowest BCUT2D eigenvalue weighted by atomic mass is 9.96. The molecule has 4 nitrogen and oxygen atoms in total. The molecule has 0 atom stereocenters. The number of nitrogens with zero attached hydrogens (tertiary/aromatic N) is 1. The van der Waals surface area contributed by atoms with E-state index in [9.17, 15) is 9.90 Å². The van der Waals surface area contributed by atoms with Crippen molar-refractivity contribution in [3.63, 3.8) is 0 Å². The SMILES string of the molecule is CCC(CC)COc1ccc(Cl)cc1-c1ccccc1-c1cccc(C(=O)O)n1. The van der Waals surface area contributed by atoms with Crippen molar-refractivity contribution < 1.29 is 14.6 Å². The van der Waals surface area contributed by atoms with Gasteiger partial charge in [0.1, 0.15) is 11.4 Å². The second-order valence-electron chi connectivity index (χ2n) is 6.89. The van der Waals surface area contributed by atoms with Gasteiger partial charge in [-0.25, -0.2) is 9.78 Å². The fraction of sp³-hybridized carbons (Fsp3) is 0.250. The molecule has 0 aliphatic carbocycles. The Morgan fingerprint density at radius 1 is 1.00 bits per heavy atom. The normalized spacial score (nSPS) is 10.9. The number of ether oxygens (including phenoxy) is 1. The van der Waals surface area contributed by atoms with E-state index >= 15 is 0 Å². The number of carboxylic acids is 1. The summed E-state index contributed by atoms with van der Waals surface area (Å²) < 4.78 is 6.17. The molecule has 1 N–H and O–H groups in total. The number of aromatic carboxylic acids is 1. The molecule has 0 spiro atoms. The lowest BCUT2D eigenvalue weighted by molar-refractivity contribution is 0.0690. The number of hydrogen-bond donors (Lipinski definition) is 1. The summed E-state index contributed by atoms with van der Waals surface area (Å²) in [6.45, 7) is 4.96. The van der Waals surface area contributed by atoms with E-state index in [0.717, 1.165) is 35.3 Å². The van der Waals surface area contributed by atoms with Gasteiger partial charge in [-0.3, -0.25) is 0 Å². The van der Waals surface area contributed by atoms with E-state index in [1.54, 1.807) is 12.1 Å². The van der Waals surface area contributed by atoms with Gasteiger partial charge >= 0.3 is 5.97 Å². The lowest BCUT2D eigenvalue weighted by Crippen LogP contribution is -2.10. The molecular weight excluding hydrogens is 386 g/mol. The van der Waals surface area contributed by atoms with Crippen molar-refractivity contribution in [2.75, 3.05) is 6.61 Å². The molecule has 0 aliphatic heterocycles. The topological polar surface area (TPSA) is 59.4 Å². The molecule has 150 valence electrons. The van der Waals surface area contributed by atoms with Gasteiger partial charge in [-0.15, -0.1) is 0 Å². The predicted molar refractivity (Wildman–Crippen MR) is 117 cm³/mol. The molecule has 0 radical (unpaired) electrons. The fourth-order valence-electron chi connectivity index (χ4n) is 3.22. The quantitative estimate of drug-likeness (QED) is 0.456. The summed E-state index contributed by atoms with van der Waals surface area (Å²) in [6, 6.07) is 18.3. The van der Waals surface area contributed by atoms with Crippen LogP contribution in [0.5, 0.6) is 5.75 Å². The Hall–Kier alpha value is -2.85. The van der Waals surface area contributed by atoms with Crippen molar-refractivity contribution in [3.8, 4) is 28.1 Å². The summed E-state index contributed by atoms with van der Waals surface area (Å²) in [5, 5.41) is 9.90. The maximum Gasteiger partial charge on any atom is 0.354 e. The Morgan fingerprint density at radius 2 is 1.72 bits per heavy atom. The molecule has 1 aromatic heterocycles. The van der Waals surface area contributed by atoms with E-state index in [2.05, 4.69) is 18.8 Å². The van der Waals surface area contributed by atoms with Crippen LogP contribution in [0, 0.1) is 5.92 Å². The number of pyridine rings is 1. The third-order valence-corrected chi connectivity index (χ3v) is 5.27. The summed E-state index contributed by atoms with van der Waals surface area (Å²) in [4.78, 5) is 15.7. The highest BCUT2D eigenvalue weighted by molar-refractivity contribution is 6.31. The molecule has 0 unspecified atom stereocenters. The highest BCUT2D eigenvalue weighted by atomic mass is 35.5. The molecular formula is C24H24ClNO3. The van der Waals surface area contributed by atoms with Crippen molar-refractivity contribution in [3.05, 3.63) is 71.4 Å². The van der Waals surface area contributed by atoms with Crippen LogP contribution in [-0.2, 0) is 0 Å². The molecule has 0 amide bonds. The molecule has 0 fully saturated rings. The van der Waals surface area contributed by atoms with Crippen LogP contribution in [0.15, 0.2) is 60.7 Å². The number of carbonyl (C=O) groups is 1. The monoisotopic (exact) mass is 409 g/mol. The molecule has 3 aromatic rings. The second kappa shape index (κ2) is 9.57. The highest BCUT2D eigenvalue weighted by Crippen LogP contribution is 2.38. The largest absolute Gasteiger partial charge is 0.493 e. The summed E-state index contributed by atoms with van der Waals surface area (Å²) in [5.41, 5.74) is 3.18. The third kappa shape index (κ3) is 4.96. The maximum absolute atomic E-state index is 11.3. The van der Waals surface area contributed by atoms with Gasteiger partial charge in [0.05, 0.1) is 12.3 Å². The van der Waals surface area contributed by atoms with Crippen molar-refractivity contribution in [1.82, 2.24) is 4.98 Å². The van der Waals surface area contributed by atoms with Crippen LogP contribution in [0.25, 0.3) is 22.4 Å². The molecule has 2 aromatic carbocycles. The number of carboxylic acid groups (broad SMARTS) is 1. The number of benzene rings is 2. The Morgan fingerprint density at radius 3 is 2.41 bits per heavy atom. The fourth-order valence-corrected chi connectivity index (χ4v) is 3.39. The lowest BCUT2D eigenvalue weighted by Gasteiger charge is -2.18. The molecule has 5 heteroatoms. The van der Waals surface area contributed by atoms with Gasteiger partial charge in [-0.05, 0) is 41.8 Å². The summed E-state index contributed by atoms with van der Waals surface area (Å²) in [7, 11) is 0. The van der Waals surface area contributed by atoms with Gasteiger partial charge in [0, 0.05) is 16.1 Å². The van der Waals surface area contributed by atoms with Crippen molar-refractivity contribution in [2.45, 2.75) is 26.7 Å². The van der Waals surface area contributed by atoms with Gasteiger partial charge in [-0.1, -0.05) is 68.6 Å².